The molecule has 0 spiro atoms. The minimum Gasteiger partial charge on any atom is -0.474 e. The van der Waals surface area contributed by atoms with Crippen LogP contribution in [-0.2, 0) is 14.6 Å². The first-order valence-electron chi connectivity index (χ1n) is 13.2. The molecular weight excluding hydrogens is 527 g/mol. The molecule has 9 nitrogen and oxygen atoms in total. The molecule has 4 rings (SSSR count). The second-order valence-corrected chi connectivity index (χ2v) is 16.5. The first kappa shape index (κ1) is 29.4. The van der Waals surface area contributed by atoms with Gasteiger partial charge in [-0.05, 0) is 48.0 Å². The minimum absolute atomic E-state index is 0.0638. The van der Waals surface area contributed by atoms with Gasteiger partial charge in [-0.1, -0.05) is 27.7 Å². The molecule has 3 aromatic rings. The number of nitrogens with zero attached hydrogens (tertiary/aromatic N) is 4. The summed E-state index contributed by atoms with van der Waals surface area (Å²) in [5, 5.41) is 16.5. The molecule has 0 fully saturated rings. The van der Waals surface area contributed by atoms with Gasteiger partial charge in [0.15, 0.2) is 14.1 Å². The van der Waals surface area contributed by atoms with E-state index in [2.05, 4.69) is 72.4 Å². The van der Waals surface area contributed by atoms with Crippen LogP contribution < -0.4 is 15.4 Å². The normalized spacial score (nSPS) is 16.7. The third kappa shape index (κ3) is 6.09. The van der Waals surface area contributed by atoms with E-state index >= 15 is 4.39 Å². The van der Waals surface area contributed by atoms with Crippen molar-refractivity contribution in [1.82, 2.24) is 15.0 Å². The van der Waals surface area contributed by atoms with Gasteiger partial charge in [0, 0.05) is 37.4 Å². The van der Waals surface area contributed by atoms with Crippen LogP contribution in [0.2, 0.25) is 18.1 Å². The molecule has 40 heavy (non-hydrogen) atoms. The summed E-state index contributed by atoms with van der Waals surface area (Å²) < 4.78 is 32.5. The summed E-state index contributed by atoms with van der Waals surface area (Å²) in [6, 6.07) is 9.34. The van der Waals surface area contributed by atoms with Crippen LogP contribution in [0.25, 0.3) is 11.3 Å². The van der Waals surface area contributed by atoms with Crippen LogP contribution in [0.3, 0.4) is 0 Å². The van der Waals surface area contributed by atoms with Gasteiger partial charge in [-0.15, -0.1) is 0 Å². The Morgan fingerprint density at radius 3 is 2.70 bits per heavy atom. The third-order valence-corrected chi connectivity index (χ3v) is 12.2. The van der Waals surface area contributed by atoms with Crippen molar-refractivity contribution in [3.05, 3.63) is 53.6 Å². The number of nitriles is 1. The zero-order chi connectivity index (χ0) is 29.1. The second kappa shape index (κ2) is 11.5. The molecule has 1 aliphatic heterocycles. The Hall–Kier alpha value is -3.59. The Kier molecular flexibility index (Phi) is 8.44. The van der Waals surface area contributed by atoms with E-state index in [1.165, 1.54) is 0 Å². The number of pyridine rings is 1. The molecule has 0 unspecified atom stereocenters. The molecule has 2 N–H and O–H groups in total. The number of benzene rings is 1. The fourth-order valence-electron chi connectivity index (χ4n) is 4.17. The highest BCUT2D eigenvalue weighted by Crippen LogP contribution is 2.44. The maximum Gasteiger partial charge on any atom is 0.237 e. The molecule has 0 amide bonds. The standard InChI is InChI=1S/C29H37FN6O3Si/c1-28(2,3)40(6,7)39-18-29(4)17-34-24-20(15-31)13-19(14-21(24)29)25-22(30)16-33-27(36-25)35-23-9-8-10-32-26(23)38-12-11-37-5/h8-10,13-14,16,34H,11-12,17-18H2,1-7H3,(H,33,35,36)/t29-/m1/s1. The summed E-state index contributed by atoms with van der Waals surface area (Å²) in [5.74, 6) is -0.0774. The molecule has 0 saturated carbocycles. The molecule has 0 aliphatic carbocycles. The number of hydrogen-bond donors (Lipinski definition) is 2. The van der Waals surface area contributed by atoms with Gasteiger partial charge in [0.25, 0.3) is 0 Å². The lowest BCUT2D eigenvalue weighted by Crippen LogP contribution is -2.45. The number of nitrogens with one attached hydrogen (secondary N) is 2. The van der Waals surface area contributed by atoms with Gasteiger partial charge < -0.3 is 24.5 Å². The largest absolute Gasteiger partial charge is 0.474 e. The van der Waals surface area contributed by atoms with E-state index in [1.54, 1.807) is 31.5 Å². The van der Waals surface area contributed by atoms with Crippen molar-refractivity contribution < 1.29 is 18.3 Å². The van der Waals surface area contributed by atoms with Gasteiger partial charge >= 0.3 is 0 Å². The summed E-state index contributed by atoms with van der Waals surface area (Å²) in [4.78, 5) is 12.9. The SMILES string of the molecule is COCCOc1ncccc1Nc1ncc(F)c(-c2cc(C#N)c3c(c2)[C@@](C)(CO[Si](C)(C)C(C)(C)C)CN3)n1. The maximum atomic E-state index is 15.2. The van der Waals surface area contributed by atoms with Gasteiger partial charge in [-0.25, -0.2) is 19.3 Å². The number of fused-ring (bicyclic) bond motifs is 1. The zero-order valence-corrected chi connectivity index (χ0v) is 25.2. The Morgan fingerprint density at radius 1 is 1.23 bits per heavy atom. The van der Waals surface area contributed by atoms with Gasteiger partial charge in [0.2, 0.25) is 11.8 Å². The molecule has 3 heterocycles. The Labute approximate surface area is 236 Å². The summed E-state index contributed by atoms with van der Waals surface area (Å²) in [7, 11) is -0.424. The van der Waals surface area contributed by atoms with Crippen LogP contribution in [0.4, 0.5) is 21.7 Å². The van der Waals surface area contributed by atoms with E-state index in [1.807, 2.05) is 6.07 Å². The summed E-state index contributed by atoms with van der Waals surface area (Å²) in [6.07, 6.45) is 2.72. The van der Waals surface area contributed by atoms with E-state index in [4.69, 9.17) is 13.9 Å². The number of anilines is 3. The van der Waals surface area contributed by atoms with Crippen molar-refractivity contribution in [3.8, 4) is 23.2 Å². The summed E-state index contributed by atoms with van der Waals surface area (Å²) in [5.41, 5.74) is 2.80. The maximum absolute atomic E-state index is 15.2. The minimum atomic E-state index is -2.01. The van der Waals surface area contributed by atoms with Crippen molar-refractivity contribution in [1.29, 1.82) is 5.26 Å². The Balaban J connectivity index is 1.68. The lowest BCUT2D eigenvalue weighted by atomic mass is 9.83. The fraction of sp³-hybridized carbons (Fsp3) is 0.448. The second-order valence-electron chi connectivity index (χ2n) is 11.7. The molecular formula is C29H37FN6O3Si. The number of rotatable bonds is 10. The van der Waals surface area contributed by atoms with E-state index in [0.717, 1.165) is 17.4 Å². The fourth-order valence-corrected chi connectivity index (χ4v) is 5.28. The predicted octanol–water partition coefficient (Wildman–Crippen LogP) is 6.02. The lowest BCUT2D eigenvalue weighted by Gasteiger charge is -2.39. The average Bonchev–Trinajstić information content (AvgIpc) is 3.25. The number of halogens is 1. The summed E-state index contributed by atoms with van der Waals surface area (Å²) in [6.45, 7) is 15.0. The highest BCUT2D eigenvalue weighted by Gasteiger charge is 2.42. The number of aromatic nitrogens is 3. The highest BCUT2D eigenvalue weighted by atomic mass is 28.4. The van der Waals surface area contributed by atoms with Crippen molar-refractivity contribution >= 4 is 25.6 Å². The van der Waals surface area contributed by atoms with Crippen LogP contribution in [0.1, 0.15) is 38.8 Å². The topological polar surface area (TPSA) is 114 Å². The molecule has 212 valence electrons. The van der Waals surface area contributed by atoms with E-state index < -0.39 is 19.5 Å². The van der Waals surface area contributed by atoms with Gasteiger partial charge in [-0.3, -0.25) is 0 Å². The average molecular weight is 565 g/mol. The first-order valence-corrected chi connectivity index (χ1v) is 16.1. The van der Waals surface area contributed by atoms with Crippen molar-refractivity contribution in [3.63, 3.8) is 0 Å². The Morgan fingerprint density at radius 2 is 2.00 bits per heavy atom. The molecule has 1 aliphatic rings. The molecule has 1 atom stereocenters. The lowest BCUT2D eigenvalue weighted by molar-refractivity contribution is 0.144. The van der Waals surface area contributed by atoms with Crippen molar-refractivity contribution in [2.24, 2.45) is 0 Å². The van der Waals surface area contributed by atoms with Crippen LogP contribution in [0.15, 0.2) is 36.7 Å². The monoisotopic (exact) mass is 564 g/mol. The van der Waals surface area contributed by atoms with Crippen LogP contribution in [0.5, 0.6) is 5.88 Å². The highest BCUT2D eigenvalue weighted by molar-refractivity contribution is 6.74. The van der Waals surface area contributed by atoms with Crippen molar-refractivity contribution in [2.45, 2.75) is 51.2 Å². The van der Waals surface area contributed by atoms with E-state index in [0.29, 0.717) is 49.1 Å². The zero-order valence-electron chi connectivity index (χ0n) is 24.2. The van der Waals surface area contributed by atoms with Crippen LogP contribution in [0, 0.1) is 17.1 Å². The van der Waals surface area contributed by atoms with E-state index in [-0.39, 0.29) is 16.7 Å². The predicted molar refractivity (Wildman–Crippen MR) is 156 cm³/mol. The number of ether oxygens (including phenoxy) is 2. The quantitative estimate of drug-likeness (QED) is 0.225. The van der Waals surface area contributed by atoms with Crippen LogP contribution in [-0.4, -0.2) is 56.7 Å². The number of hydrogen-bond acceptors (Lipinski definition) is 9. The smallest absolute Gasteiger partial charge is 0.237 e. The molecule has 0 radical (unpaired) electrons. The third-order valence-electron chi connectivity index (χ3n) is 7.68. The summed E-state index contributed by atoms with van der Waals surface area (Å²) >= 11 is 0. The van der Waals surface area contributed by atoms with E-state index in [9.17, 15) is 5.26 Å². The molecule has 2 aromatic heterocycles. The van der Waals surface area contributed by atoms with Crippen molar-refractivity contribution in [2.75, 3.05) is 44.1 Å². The van der Waals surface area contributed by atoms with Crippen LogP contribution >= 0.6 is 0 Å². The molecule has 0 saturated heterocycles. The number of methoxy groups -OCH3 is 1. The van der Waals surface area contributed by atoms with Gasteiger partial charge in [0.1, 0.15) is 24.1 Å². The molecule has 11 heteroatoms. The van der Waals surface area contributed by atoms with Gasteiger partial charge in [-0.2, -0.15) is 5.26 Å². The Bertz CT molecular complexity index is 1420. The van der Waals surface area contributed by atoms with Gasteiger partial charge in [0.05, 0.1) is 24.1 Å². The molecule has 0 bridgehead atoms. The first-order chi connectivity index (χ1) is 18.9. The molecule has 1 aromatic carbocycles.